The number of thiophene rings is 1. The van der Waals surface area contributed by atoms with Crippen LogP contribution in [0.25, 0.3) is 10.1 Å². The highest BCUT2D eigenvalue weighted by Crippen LogP contribution is 2.35. The van der Waals surface area contributed by atoms with Gasteiger partial charge in [-0.15, -0.1) is 11.3 Å². The van der Waals surface area contributed by atoms with E-state index < -0.39 is 0 Å². The first-order valence-corrected chi connectivity index (χ1v) is 7.16. The minimum atomic E-state index is -0.0931. The summed E-state index contributed by atoms with van der Waals surface area (Å²) in [5.74, 6) is 0.328. The maximum atomic E-state index is 12.1. The van der Waals surface area contributed by atoms with Crippen LogP contribution in [0.1, 0.15) is 34.9 Å². The predicted octanol–water partition coefficient (Wildman–Crippen LogP) is 2.88. The highest BCUT2D eigenvalue weighted by molar-refractivity contribution is 7.21. The Morgan fingerprint density at radius 1 is 1.47 bits per heavy atom. The molecule has 0 aromatic carbocycles. The molecule has 0 saturated carbocycles. The number of nitrogens with one attached hydrogen (secondary N) is 1. The van der Waals surface area contributed by atoms with E-state index in [9.17, 15) is 4.79 Å². The lowest BCUT2D eigenvalue weighted by atomic mass is 10.2. The number of anilines is 1. The van der Waals surface area contributed by atoms with Crippen LogP contribution in [0, 0.1) is 19.8 Å². The maximum absolute atomic E-state index is 12.1. The Kier molecular flexibility index (Phi) is 3.75. The molecule has 0 atom stereocenters. The minimum Gasteiger partial charge on any atom is -0.397 e. The van der Waals surface area contributed by atoms with Crippen LogP contribution in [0.4, 0.5) is 5.69 Å². The third-order valence-electron chi connectivity index (χ3n) is 2.90. The number of amides is 1. The standard InChI is InChI=1S/C14H19N3OS/c1-7(2)6-16-14(18)13-12(15)11-9(4)17-8(3)5-10(11)19-13/h5,7H,6,15H2,1-4H3,(H,16,18). The monoisotopic (exact) mass is 277 g/mol. The van der Waals surface area contributed by atoms with Gasteiger partial charge in [-0.05, 0) is 25.8 Å². The summed E-state index contributed by atoms with van der Waals surface area (Å²) in [4.78, 5) is 17.1. The average Bonchev–Trinajstić information content (AvgIpc) is 2.63. The van der Waals surface area contributed by atoms with Gasteiger partial charge >= 0.3 is 0 Å². The Morgan fingerprint density at radius 2 is 2.16 bits per heavy atom. The van der Waals surface area contributed by atoms with E-state index >= 15 is 0 Å². The van der Waals surface area contributed by atoms with Crippen molar-refractivity contribution in [3.63, 3.8) is 0 Å². The van der Waals surface area contributed by atoms with Crippen LogP contribution in [0.2, 0.25) is 0 Å². The van der Waals surface area contributed by atoms with Crippen LogP contribution in [0.3, 0.4) is 0 Å². The molecule has 5 heteroatoms. The number of aromatic nitrogens is 1. The molecule has 2 aromatic rings. The van der Waals surface area contributed by atoms with Gasteiger partial charge in [0, 0.05) is 28.0 Å². The fourth-order valence-corrected chi connectivity index (χ4v) is 3.21. The van der Waals surface area contributed by atoms with E-state index in [1.165, 1.54) is 11.3 Å². The lowest BCUT2D eigenvalue weighted by Crippen LogP contribution is -2.27. The third kappa shape index (κ3) is 2.71. The summed E-state index contributed by atoms with van der Waals surface area (Å²) in [7, 11) is 0. The molecule has 102 valence electrons. The number of rotatable bonds is 3. The average molecular weight is 277 g/mol. The number of pyridine rings is 1. The molecular formula is C14H19N3OS. The lowest BCUT2D eigenvalue weighted by Gasteiger charge is -2.06. The van der Waals surface area contributed by atoms with Crippen LogP contribution >= 0.6 is 11.3 Å². The maximum Gasteiger partial charge on any atom is 0.263 e. The Bertz CT molecular complexity index is 631. The summed E-state index contributed by atoms with van der Waals surface area (Å²) in [6, 6.07) is 1.97. The van der Waals surface area contributed by atoms with Gasteiger partial charge in [-0.3, -0.25) is 9.78 Å². The largest absolute Gasteiger partial charge is 0.397 e. The second-order valence-electron chi connectivity index (χ2n) is 5.17. The fraction of sp³-hybridized carbons (Fsp3) is 0.429. The second-order valence-corrected chi connectivity index (χ2v) is 6.22. The smallest absolute Gasteiger partial charge is 0.263 e. The number of hydrogen-bond donors (Lipinski definition) is 2. The van der Waals surface area contributed by atoms with Crippen LogP contribution < -0.4 is 11.1 Å². The van der Waals surface area contributed by atoms with Crippen LogP contribution in [0.5, 0.6) is 0 Å². The minimum absolute atomic E-state index is 0.0931. The quantitative estimate of drug-likeness (QED) is 0.906. The summed E-state index contributed by atoms with van der Waals surface area (Å²) in [6.45, 7) is 8.65. The summed E-state index contributed by atoms with van der Waals surface area (Å²) in [5, 5.41) is 3.81. The number of nitrogens with two attached hydrogens (primary N) is 1. The summed E-state index contributed by atoms with van der Waals surface area (Å²) >= 11 is 1.43. The number of aryl methyl sites for hydroxylation is 2. The molecule has 2 heterocycles. The van der Waals surface area contributed by atoms with Gasteiger partial charge < -0.3 is 11.1 Å². The Balaban J connectivity index is 2.42. The molecule has 0 aliphatic carbocycles. The van der Waals surface area contributed by atoms with E-state index in [0.717, 1.165) is 21.5 Å². The molecule has 0 saturated heterocycles. The van der Waals surface area contributed by atoms with E-state index in [4.69, 9.17) is 5.73 Å². The molecule has 0 fully saturated rings. The van der Waals surface area contributed by atoms with Gasteiger partial charge in [-0.1, -0.05) is 13.8 Å². The van der Waals surface area contributed by atoms with Gasteiger partial charge in [0.25, 0.3) is 5.91 Å². The molecule has 2 aromatic heterocycles. The molecule has 4 nitrogen and oxygen atoms in total. The molecule has 1 amide bonds. The Labute approximate surface area is 117 Å². The first kappa shape index (κ1) is 13.8. The van der Waals surface area contributed by atoms with E-state index in [1.807, 2.05) is 19.9 Å². The van der Waals surface area contributed by atoms with Crippen molar-refractivity contribution in [1.82, 2.24) is 10.3 Å². The van der Waals surface area contributed by atoms with Crippen LogP contribution in [-0.4, -0.2) is 17.4 Å². The van der Waals surface area contributed by atoms with Gasteiger partial charge in [0.15, 0.2) is 0 Å². The lowest BCUT2D eigenvalue weighted by molar-refractivity contribution is 0.0954. The fourth-order valence-electron chi connectivity index (χ4n) is 2.03. The highest BCUT2D eigenvalue weighted by atomic mass is 32.1. The van der Waals surface area contributed by atoms with Crippen molar-refractivity contribution in [1.29, 1.82) is 0 Å². The molecular weight excluding hydrogens is 258 g/mol. The second kappa shape index (κ2) is 5.17. The number of carbonyl (C=O) groups excluding carboxylic acids is 1. The number of carbonyl (C=O) groups is 1. The van der Waals surface area contributed by atoms with Crippen molar-refractivity contribution in [3.8, 4) is 0 Å². The molecule has 2 rings (SSSR count). The molecule has 3 N–H and O–H groups in total. The Hall–Kier alpha value is -1.62. The predicted molar refractivity (Wildman–Crippen MR) is 80.7 cm³/mol. The summed E-state index contributed by atoms with van der Waals surface area (Å²) in [6.07, 6.45) is 0. The zero-order valence-electron chi connectivity index (χ0n) is 11.7. The molecule has 0 aliphatic rings. The van der Waals surface area contributed by atoms with Crippen molar-refractivity contribution >= 4 is 33.0 Å². The zero-order valence-corrected chi connectivity index (χ0v) is 12.5. The molecule has 0 aliphatic heterocycles. The van der Waals surface area contributed by atoms with Crippen molar-refractivity contribution in [2.45, 2.75) is 27.7 Å². The van der Waals surface area contributed by atoms with Crippen LogP contribution in [-0.2, 0) is 0 Å². The number of nitrogen functional groups attached to an aromatic ring is 1. The number of fused-ring (bicyclic) bond motifs is 1. The first-order chi connectivity index (χ1) is 8.90. The van der Waals surface area contributed by atoms with Crippen molar-refractivity contribution in [2.24, 2.45) is 5.92 Å². The number of nitrogens with zero attached hydrogens (tertiary/aromatic N) is 1. The summed E-state index contributed by atoms with van der Waals surface area (Å²) in [5.41, 5.74) is 8.48. The van der Waals surface area contributed by atoms with E-state index in [1.54, 1.807) is 0 Å². The summed E-state index contributed by atoms with van der Waals surface area (Å²) < 4.78 is 1.03. The van der Waals surface area contributed by atoms with Crippen molar-refractivity contribution in [3.05, 3.63) is 22.3 Å². The molecule has 0 radical (unpaired) electrons. The van der Waals surface area contributed by atoms with Gasteiger partial charge in [0.2, 0.25) is 0 Å². The van der Waals surface area contributed by atoms with Gasteiger partial charge in [-0.2, -0.15) is 0 Å². The van der Waals surface area contributed by atoms with Crippen molar-refractivity contribution < 1.29 is 4.79 Å². The van der Waals surface area contributed by atoms with E-state index in [0.29, 0.717) is 23.0 Å². The first-order valence-electron chi connectivity index (χ1n) is 6.34. The third-order valence-corrected chi connectivity index (χ3v) is 4.05. The van der Waals surface area contributed by atoms with Crippen molar-refractivity contribution in [2.75, 3.05) is 12.3 Å². The normalized spacial score (nSPS) is 11.2. The molecule has 19 heavy (non-hydrogen) atoms. The van der Waals surface area contributed by atoms with Gasteiger partial charge in [0.1, 0.15) is 4.88 Å². The van der Waals surface area contributed by atoms with Gasteiger partial charge in [-0.25, -0.2) is 0 Å². The SMILES string of the molecule is Cc1cc2sc(C(=O)NCC(C)C)c(N)c2c(C)n1. The molecule has 0 bridgehead atoms. The van der Waals surface area contributed by atoms with E-state index in [-0.39, 0.29) is 5.91 Å². The zero-order chi connectivity index (χ0) is 14.2. The molecule has 0 unspecified atom stereocenters. The van der Waals surface area contributed by atoms with Gasteiger partial charge in [0.05, 0.1) is 5.69 Å². The molecule has 0 spiro atoms. The Morgan fingerprint density at radius 3 is 2.79 bits per heavy atom. The number of hydrogen-bond acceptors (Lipinski definition) is 4. The van der Waals surface area contributed by atoms with E-state index in [2.05, 4.69) is 24.1 Å². The highest BCUT2D eigenvalue weighted by Gasteiger charge is 2.18. The topological polar surface area (TPSA) is 68.0 Å². The van der Waals surface area contributed by atoms with Crippen LogP contribution in [0.15, 0.2) is 6.07 Å².